The summed E-state index contributed by atoms with van der Waals surface area (Å²) in [5, 5.41) is 4.24. The molecule has 29 heavy (non-hydrogen) atoms. The first kappa shape index (κ1) is 20.3. The third-order valence-electron chi connectivity index (χ3n) is 7.10. The van der Waals surface area contributed by atoms with Crippen molar-refractivity contribution in [1.29, 1.82) is 0 Å². The lowest BCUT2D eigenvalue weighted by molar-refractivity contribution is -0.122. The number of aromatic nitrogens is 1. The maximum absolute atomic E-state index is 13.8. The minimum atomic E-state index is -0.204. The molecule has 1 N–H and O–H groups in total. The zero-order valence-electron chi connectivity index (χ0n) is 17.5. The molecule has 0 radical (unpaired) electrons. The maximum atomic E-state index is 13.8. The van der Waals surface area contributed by atoms with E-state index in [1.165, 1.54) is 30.9 Å². The van der Waals surface area contributed by atoms with E-state index in [0.717, 1.165) is 55.3 Å². The van der Waals surface area contributed by atoms with Crippen LogP contribution in [0.5, 0.6) is 0 Å². The third kappa shape index (κ3) is 4.96. The molecule has 1 amide bonds. The molecule has 2 fully saturated rings. The highest BCUT2D eigenvalue weighted by Crippen LogP contribution is 2.39. The number of carbonyl (C=O) groups is 1. The lowest BCUT2D eigenvalue weighted by Gasteiger charge is -2.29. The summed E-state index contributed by atoms with van der Waals surface area (Å²) in [4.78, 5) is 16.9. The van der Waals surface area contributed by atoms with E-state index in [0.29, 0.717) is 24.3 Å². The van der Waals surface area contributed by atoms with Crippen molar-refractivity contribution in [2.75, 3.05) is 0 Å². The van der Waals surface area contributed by atoms with Gasteiger partial charge in [0.05, 0.1) is 5.52 Å². The molecule has 2 unspecified atom stereocenters. The van der Waals surface area contributed by atoms with Gasteiger partial charge in [0.2, 0.25) is 5.91 Å². The smallest absolute Gasteiger partial charge is 0.220 e. The van der Waals surface area contributed by atoms with Crippen LogP contribution in [-0.4, -0.2) is 16.9 Å². The largest absolute Gasteiger partial charge is 0.353 e. The Morgan fingerprint density at radius 3 is 2.69 bits per heavy atom. The number of nitrogens with one attached hydrogen (secondary N) is 1. The minimum Gasteiger partial charge on any atom is -0.353 e. The molecule has 0 spiro atoms. The van der Waals surface area contributed by atoms with Crippen LogP contribution in [0.15, 0.2) is 30.5 Å². The molecule has 4 rings (SSSR count). The van der Waals surface area contributed by atoms with E-state index < -0.39 is 0 Å². The normalized spacial score (nSPS) is 27.2. The predicted octanol–water partition coefficient (Wildman–Crippen LogP) is 6.12. The first-order chi connectivity index (χ1) is 14.1. The van der Waals surface area contributed by atoms with Gasteiger partial charge in [-0.05, 0) is 92.5 Å². The molecule has 2 atom stereocenters. The highest BCUT2D eigenvalue weighted by molar-refractivity contribution is 5.82. The van der Waals surface area contributed by atoms with Gasteiger partial charge in [-0.25, -0.2) is 4.39 Å². The van der Waals surface area contributed by atoms with Crippen LogP contribution < -0.4 is 5.32 Å². The van der Waals surface area contributed by atoms with Crippen molar-refractivity contribution in [2.24, 2.45) is 11.8 Å². The van der Waals surface area contributed by atoms with Crippen molar-refractivity contribution in [1.82, 2.24) is 10.3 Å². The molecule has 1 heterocycles. The van der Waals surface area contributed by atoms with E-state index in [4.69, 9.17) is 0 Å². The standard InChI is InChI=1S/C25H33FN2O/c1-2-3-17-6-10-21(14-17)28-25(29)15-18-4-7-19(8-5-18)22-12-13-27-24-11-9-20(26)16-23(22)24/h9,11-13,16-19,21H,2-8,10,14-15H2,1H3,(H,28,29). The van der Waals surface area contributed by atoms with E-state index in [1.54, 1.807) is 12.1 Å². The van der Waals surface area contributed by atoms with Gasteiger partial charge in [-0.1, -0.05) is 19.8 Å². The molecule has 0 saturated heterocycles. The highest BCUT2D eigenvalue weighted by Gasteiger charge is 2.28. The SMILES string of the molecule is CCCC1CCC(NC(=O)CC2CCC(c3ccnc4ccc(F)cc34)CC2)C1. The van der Waals surface area contributed by atoms with E-state index in [9.17, 15) is 9.18 Å². The molecule has 2 aliphatic carbocycles. The van der Waals surface area contributed by atoms with Crippen molar-refractivity contribution in [2.45, 2.75) is 83.1 Å². The number of hydrogen-bond acceptors (Lipinski definition) is 2. The summed E-state index contributed by atoms with van der Waals surface area (Å²) in [6, 6.07) is 7.30. The summed E-state index contributed by atoms with van der Waals surface area (Å²) in [5.41, 5.74) is 2.08. The molecule has 0 bridgehead atoms. The van der Waals surface area contributed by atoms with Crippen LogP contribution >= 0.6 is 0 Å². The van der Waals surface area contributed by atoms with E-state index in [-0.39, 0.29) is 11.7 Å². The van der Waals surface area contributed by atoms with Crippen LogP contribution in [0.2, 0.25) is 0 Å². The molecule has 1 aromatic heterocycles. The van der Waals surface area contributed by atoms with Gasteiger partial charge in [-0.3, -0.25) is 9.78 Å². The molecule has 2 aliphatic rings. The van der Waals surface area contributed by atoms with Gasteiger partial charge >= 0.3 is 0 Å². The summed E-state index contributed by atoms with van der Waals surface area (Å²) >= 11 is 0. The van der Waals surface area contributed by atoms with Crippen molar-refractivity contribution >= 4 is 16.8 Å². The quantitative estimate of drug-likeness (QED) is 0.639. The van der Waals surface area contributed by atoms with Gasteiger partial charge in [0.15, 0.2) is 0 Å². The molecule has 0 aliphatic heterocycles. The molecule has 156 valence electrons. The van der Waals surface area contributed by atoms with Gasteiger partial charge in [-0.2, -0.15) is 0 Å². The monoisotopic (exact) mass is 396 g/mol. The molecule has 2 saturated carbocycles. The second-order valence-corrected chi connectivity index (χ2v) is 9.22. The number of benzene rings is 1. The second kappa shape index (κ2) is 9.23. The number of halogens is 1. The van der Waals surface area contributed by atoms with Crippen LogP contribution in [0.1, 0.15) is 82.6 Å². The number of rotatable bonds is 6. The second-order valence-electron chi connectivity index (χ2n) is 9.22. The number of pyridine rings is 1. The molecular formula is C25H33FN2O. The predicted molar refractivity (Wildman–Crippen MR) is 115 cm³/mol. The van der Waals surface area contributed by atoms with Gasteiger partial charge in [0.1, 0.15) is 5.82 Å². The summed E-state index contributed by atoms with van der Waals surface area (Å²) in [6.07, 6.45) is 12.9. The summed E-state index contributed by atoms with van der Waals surface area (Å²) < 4.78 is 13.8. The number of amides is 1. The van der Waals surface area contributed by atoms with Gasteiger partial charge in [-0.15, -0.1) is 0 Å². The first-order valence-corrected chi connectivity index (χ1v) is 11.5. The fourth-order valence-electron chi connectivity index (χ4n) is 5.60. The Labute approximate surface area is 173 Å². The van der Waals surface area contributed by atoms with Gasteiger partial charge < -0.3 is 5.32 Å². The number of hydrogen-bond donors (Lipinski definition) is 1. The zero-order chi connectivity index (χ0) is 20.2. The molecule has 3 nitrogen and oxygen atoms in total. The van der Waals surface area contributed by atoms with Gasteiger partial charge in [0.25, 0.3) is 0 Å². The minimum absolute atomic E-state index is 0.204. The number of carbonyl (C=O) groups excluding carboxylic acids is 1. The average Bonchev–Trinajstić information content (AvgIpc) is 3.15. The van der Waals surface area contributed by atoms with Crippen molar-refractivity contribution in [3.63, 3.8) is 0 Å². The first-order valence-electron chi connectivity index (χ1n) is 11.5. The van der Waals surface area contributed by atoms with Crippen LogP contribution in [0.25, 0.3) is 10.9 Å². The zero-order valence-corrected chi connectivity index (χ0v) is 17.5. The van der Waals surface area contributed by atoms with Crippen molar-refractivity contribution in [3.8, 4) is 0 Å². The van der Waals surface area contributed by atoms with E-state index >= 15 is 0 Å². The van der Waals surface area contributed by atoms with Crippen molar-refractivity contribution in [3.05, 3.63) is 41.8 Å². The Kier molecular flexibility index (Phi) is 6.46. The van der Waals surface area contributed by atoms with Crippen LogP contribution in [0, 0.1) is 17.7 Å². The highest BCUT2D eigenvalue weighted by atomic mass is 19.1. The lowest BCUT2D eigenvalue weighted by Crippen LogP contribution is -2.34. The lowest BCUT2D eigenvalue weighted by atomic mass is 9.77. The Morgan fingerprint density at radius 2 is 1.90 bits per heavy atom. The molecule has 1 aromatic carbocycles. The third-order valence-corrected chi connectivity index (χ3v) is 7.10. The van der Waals surface area contributed by atoms with E-state index in [2.05, 4.69) is 17.2 Å². The molecule has 4 heteroatoms. The number of nitrogens with zero attached hydrogens (tertiary/aromatic N) is 1. The fourth-order valence-corrected chi connectivity index (χ4v) is 5.60. The summed E-state index contributed by atoms with van der Waals surface area (Å²) in [7, 11) is 0. The Hall–Kier alpha value is -1.97. The van der Waals surface area contributed by atoms with Crippen LogP contribution in [0.3, 0.4) is 0 Å². The van der Waals surface area contributed by atoms with Gasteiger partial charge in [0, 0.05) is 24.0 Å². The van der Waals surface area contributed by atoms with Crippen LogP contribution in [-0.2, 0) is 4.79 Å². The average molecular weight is 397 g/mol. The van der Waals surface area contributed by atoms with Crippen molar-refractivity contribution < 1.29 is 9.18 Å². The summed E-state index contributed by atoms with van der Waals surface area (Å²) in [5.74, 6) is 1.76. The number of fused-ring (bicyclic) bond motifs is 1. The fraction of sp³-hybridized carbons (Fsp3) is 0.600. The topological polar surface area (TPSA) is 42.0 Å². The Bertz CT molecular complexity index is 844. The summed E-state index contributed by atoms with van der Waals surface area (Å²) in [6.45, 7) is 2.24. The Balaban J connectivity index is 1.29. The van der Waals surface area contributed by atoms with E-state index in [1.807, 2.05) is 12.3 Å². The maximum Gasteiger partial charge on any atom is 0.220 e. The Morgan fingerprint density at radius 1 is 1.10 bits per heavy atom. The molecule has 2 aromatic rings. The molecular weight excluding hydrogens is 363 g/mol. The van der Waals surface area contributed by atoms with Crippen LogP contribution in [0.4, 0.5) is 4.39 Å².